The summed E-state index contributed by atoms with van der Waals surface area (Å²) in [5.74, 6) is -0.989. The number of allylic oxidation sites excluding steroid dienone is 22. The third-order valence-electron chi connectivity index (χ3n) is 13.7. The Bertz CT molecular complexity index is 1680. The van der Waals surface area contributed by atoms with Crippen LogP contribution < -0.4 is 0 Å². The molecule has 6 nitrogen and oxygen atoms in total. The van der Waals surface area contributed by atoms with Gasteiger partial charge in [-0.05, 0) is 103 Å². The molecule has 79 heavy (non-hydrogen) atoms. The van der Waals surface area contributed by atoms with E-state index < -0.39 is 6.10 Å². The summed E-state index contributed by atoms with van der Waals surface area (Å²) in [6, 6.07) is 0. The molecular formula is C73H120O6. The molecule has 0 N–H and O–H groups in total. The molecule has 1 atom stereocenters. The lowest BCUT2D eigenvalue weighted by Crippen LogP contribution is -2.30. The highest BCUT2D eigenvalue weighted by molar-refractivity contribution is 5.71. The van der Waals surface area contributed by atoms with E-state index >= 15 is 0 Å². The van der Waals surface area contributed by atoms with Gasteiger partial charge in [-0.25, -0.2) is 0 Å². The summed E-state index contributed by atoms with van der Waals surface area (Å²) < 4.78 is 16.8. The SMILES string of the molecule is CC/C=C\C/C=C\C/C=C\C/C=C\C/C=C\C/C=C\C/C=C\CCCCCCCCCCCC(=O)OCC(COC(=O)CC/C=C\C/C=C\C/C=C\C/C=C\CC)OC(=O)CCCCCCCCCCCCCCCCCCC. The molecule has 0 aliphatic heterocycles. The largest absolute Gasteiger partial charge is 0.462 e. The van der Waals surface area contributed by atoms with Crippen LogP contribution in [0.25, 0.3) is 0 Å². The van der Waals surface area contributed by atoms with Crippen LogP contribution in [0.5, 0.6) is 0 Å². The Hall–Kier alpha value is -4.45. The van der Waals surface area contributed by atoms with Crippen molar-refractivity contribution in [2.45, 2.75) is 297 Å². The van der Waals surface area contributed by atoms with Crippen LogP contribution in [0.15, 0.2) is 134 Å². The third kappa shape index (κ3) is 64.3. The number of carbonyl (C=O) groups is 3. The molecule has 0 heterocycles. The van der Waals surface area contributed by atoms with Gasteiger partial charge in [0.05, 0.1) is 0 Å². The van der Waals surface area contributed by atoms with E-state index in [9.17, 15) is 14.4 Å². The molecule has 0 saturated heterocycles. The highest BCUT2D eigenvalue weighted by atomic mass is 16.6. The highest BCUT2D eigenvalue weighted by Crippen LogP contribution is 2.16. The normalized spacial score (nSPS) is 13.0. The first kappa shape index (κ1) is 74.5. The van der Waals surface area contributed by atoms with Crippen molar-refractivity contribution in [1.29, 1.82) is 0 Å². The molecule has 448 valence electrons. The molecule has 1 unspecified atom stereocenters. The molecule has 6 heteroatoms. The summed E-state index contributed by atoms with van der Waals surface area (Å²) in [6.45, 7) is 6.36. The molecule has 0 aromatic heterocycles. The molecule has 0 amide bonds. The molecule has 0 bridgehead atoms. The van der Waals surface area contributed by atoms with Crippen molar-refractivity contribution in [2.24, 2.45) is 0 Å². The molecular weight excluding hydrogens is 973 g/mol. The average Bonchev–Trinajstić information content (AvgIpc) is 3.45. The van der Waals surface area contributed by atoms with Gasteiger partial charge in [-0.15, -0.1) is 0 Å². The second-order valence-corrected chi connectivity index (χ2v) is 21.3. The van der Waals surface area contributed by atoms with Crippen molar-refractivity contribution in [2.75, 3.05) is 13.2 Å². The number of ether oxygens (including phenoxy) is 3. The zero-order chi connectivity index (χ0) is 57.1. The maximum absolute atomic E-state index is 12.9. The van der Waals surface area contributed by atoms with Crippen LogP contribution in [-0.2, 0) is 28.6 Å². The van der Waals surface area contributed by atoms with Gasteiger partial charge in [0.15, 0.2) is 6.10 Å². The average molecular weight is 1090 g/mol. The smallest absolute Gasteiger partial charge is 0.306 e. The topological polar surface area (TPSA) is 78.9 Å². The van der Waals surface area contributed by atoms with Crippen LogP contribution in [0.4, 0.5) is 0 Å². The van der Waals surface area contributed by atoms with Crippen molar-refractivity contribution in [3.8, 4) is 0 Å². The number of unbranched alkanes of at least 4 members (excludes halogenated alkanes) is 25. The van der Waals surface area contributed by atoms with Crippen LogP contribution in [0.2, 0.25) is 0 Å². The van der Waals surface area contributed by atoms with Crippen LogP contribution in [0.3, 0.4) is 0 Å². The molecule has 0 aromatic rings. The van der Waals surface area contributed by atoms with Crippen LogP contribution >= 0.6 is 0 Å². The fourth-order valence-electron chi connectivity index (χ4n) is 8.85. The first-order valence-electron chi connectivity index (χ1n) is 32.7. The molecule has 0 aromatic carbocycles. The molecule has 0 spiro atoms. The van der Waals surface area contributed by atoms with E-state index in [1.54, 1.807) is 0 Å². The van der Waals surface area contributed by atoms with Gasteiger partial charge in [0, 0.05) is 19.3 Å². The van der Waals surface area contributed by atoms with Crippen molar-refractivity contribution < 1.29 is 28.6 Å². The van der Waals surface area contributed by atoms with Crippen molar-refractivity contribution in [3.63, 3.8) is 0 Å². The van der Waals surface area contributed by atoms with Gasteiger partial charge in [-0.1, -0.05) is 302 Å². The van der Waals surface area contributed by atoms with Crippen molar-refractivity contribution in [3.05, 3.63) is 134 Å². The van der Waals surface area contributed by atoms with Crippen molar-refractivity contribution >= 4 is 17.9 Å². The quantitative estimate of drug-likeness (QED) is 0.0261. The maximum atomic E-state index is 12.9. The summed E-state index contributed by atoms with van der Waals surface area (Å²) in [6.07, 6.45) is 93.4. The predicted octanol–water partition coefficient (Wildman–Crippen LogP) is 22.5. The zero-order valence-electron chi connectivity index (χ0n) is 51.3. The molecule has 0 rings (SSSR count). The van der Waals surface area contributed by atoms with E-state index in [1.807, 2.05) is 6.08 Å². The third-order valence-corrected chi connectivity index (χ3v) is 13.7. The minimum Gasteiger partial charge on any atom is -0.462 e. The summed E-state index contributed by atoms with van der Waals surface area (Å²) in [7, 11) is 0. The number of esters is 3. The standard InChI is InChI=1S/C73H120O6/c1-4-7-10-13-16-19-22-25-27-29-30-31-32-33-34-35-36-37-38-39-40-41-42-44-45-48-51-54-57-60-63-66-72(75)78-69-70(68-77-71(74)65-62-59-56-53-50-47-24-21-18-15-12-9-6-3)79-73(76)67-64-61-58-55-52-49-46-43-28-26-23-20-17-14-11-8-5-2/h7,9-10,12,16,18-19,21,25,27,30-31,33-34,36-37,39-40,47,50,56,59,70H,4-6,8,11,13-15,17,20,22-24,26,28-29,32,35,38,41-46,48-49,51-55,57-58,60-69H2,1-3H3/b10-7-,12-9-,19-16-,21-18-,27-25-,31-30-,34-33-,37-36-,40-39-,50-47-,59-56-. The van der Waals surface area contributed by atoms with Gasteiger partial charge < -0.3 is 14.2 Å². The molecule has 0 fully saturated rings. The van der Waals surface area contributed by atoms with Gasteiger partial charge in [-0.2, -0.15) is 0 Å². The molecule has 0 aliphatic rings. The molecule has 0 aliphatic carbocycles. The predicted molar refractivity (Wildman–Crippen MR) is 343 cm³/mol. The van der Waals surface area contributed by atoms with Crippen molar-refractivity contribution in [1.82, 2.24) is 0 Å². The Morgan fingerprint density at radius 2 is 0.519 bits per heavy atom. The van der Waals surface area contributed by atoms with E-state index in [0.29, 0.717) is 19.3 Å². The lowest BCUT2D eigenvalue weighted by Gasteiger charge is -2.18. The summed E-state index contributed by atoms with van der Waals surface area (Å²) in [5, 5.41) is 0. The highest BCUT2D eigenvalue weighted by Gasteiger charge is 2.19. The van der Waals surface area contributed by atoms with E-state index in [2.05, 4.69) is 148 Å². The Morgan fingerprint density at radius 3 is 0.848 bits per heavy atom. The summed E-state index contributed by atoms with van der Waals surface area (Å²) in [4.78, 5) is 38.3. The monoisotopic (exact) mass is 1090 g/mol. The Morgan fingerprint density at radius 1 is 0.266 bits per heavy atom. The molecule has 0 radical (unpaired) electrons. The Kier molecular flexibility index (Phi) is 62.3. The zero-order valence-corrected chi connectivity index (χ0v) is 51.3. The number of hydrogen-bond donors (Lipinski definition) is 0. The fraction of sp³-hybridized carbons (Fsp3) is 0.658. The van der Waals surface area contributed by atoms with Crippen LogP contribution in [0, 0.1) is 0 Å². The molecule has 0 saturated carbocycles. The lowest BCUT2D eigenvalue weighted by molar-refractivity contribution is -0.166. The van der Waals surface area contributed by atoms with E-state index in [-0.39, 0.29) is 37.5 Å². The number of carbonyl (C=O) groups excluding carboxylic acids is 3. The van der Waals surface area contributed by atoms with E-state index in [1.165, 1.54) is 128 Å². The lowest BCUT2D eigenvalue weighted by atomic mass is 10.0. The minimum absolute atomic E-state index is 0.104. The first-order valence-corrected chi connectivity index (χ1v) is 32.7. The Labute approximate surface area is 487 Å². The first-order chi connectivity index (χ1) is 39.0. The van der Waals surface area contributed by atoms with Gasteiger partial charge in [0.1, 0.15) is 13.2 Å². The maximum Gasteiger partial charge on any atom is 0.306 e. The van der Waals surface area contributed by atoms with Crippen LogP contribution in [-0.4, -0.2) is 37.2 Å². The van der Waals surface area contributed by atoms with Gasteiger partial charge >= 0.3 is 17.9 Å². The number of hydrogen-bond acceptors (Lipinski definition) is 6. The Balaban J connectivity index is 4.32. The second-order valence-electron chi connectivity index (χ2n) is 21.3. The van der Waals surface area contributed by atoms with E-state index in [0.717, 1.165) is 116 Å². The summed E-state index contributed by atoms with van der Waals surface area (Å²) >= 11 is 0. The fourth-order valence-corrected chi connectivity index (χ4v) is 8.85. The van der Waals surface area contributed by atoms with Gasteiger partial charge in [-0.3, -0.25) is 14.4 Å². The van der Waals surface area contributed by atoms with Gasteiger partial charge in [0.2, 0.25) is 0 Å². The second kappa shape index (κ2) is 66.1. The number of rotatable bonds is 58. The summed E-state index contributed by atoms with van der Waals surface area (Å²) in [5.41, 5.74) is 0. The van der Waals surface area contributed by atoms with Crippen LogP contribution in [0.1, 0.15) is 290 Å². The van der Waals surface area contributed by atoms with Gasteiger partial charge in [0.25, 0.3) is 0 Å². The minimum atomic E-state index is -0.812. The van der Waals surface area contributed by atoms with E-state index in [4.69, 9.17) is 14.2 Å².